The summed E-state index contributed by atoms with van der Waals surface area (Å²) >= 11 is 0. The van der Waals surface area contributed by atoms with Crippen molar-refractivity contribution in [1.82, 2.24) is 9.97 Å². The average molecular weight is 249 g/mol. The second-order valence-corrected chi connectivity index (χ2v) is 4.06. The van der Waals surface area contributed by atoms with E-state index in [1.165, 1.54) is 7.11 Å². The lowest BCUT2D eigenvalue weighted by molar-refractivity contribution is -0.140. The van der Waals surface area contributed by atoms with Crippen LogP contribution in [0.3, 0.4) is 0 Å². The number of carbonyl (C=O) groups is 1. The Bertz CT molecular complexity index is 614. The molecular weight excluding hydrogens is 234 g/mol. The number of esters is 1. The van der Waals surface area contributed by atoms with Gasteiger partial charge in [-0.15, -0.1) is 0 Å². The normalized spacial score (nSPS) is 10.6. The third-order valence-corrected chi connectivity index (χ3v) is 2.82. The van der Waals surface area contributed by atoms with Gasteiger partial charge in [0.05, 0.1) is 24.6 Å². The van der Waals surface area contributed by atoms with Gasteiger partial charge >= 0.3 is 11.7 Å². The number of nitrogens with one attached hydrogen (secondary N) is 2. The van der Waals surface area contributed by atoms with Crippen molar-refractivity contribution >= 4 is 22.7 Å². The minimum absolute atomic E-state index is 0.223. The van der Waals surface area contributed by atoms with E-state index in [0.717, 1.165) is 16.7 Å². The minimum Gasteiger partial charge on any atom is -0.469 e. The SMILES string of the molecule is COC(=O)CCN(C)c1ccc2[nH]c(=O)[nH]c2c1. The largest absolute Gasteiger partial charge is 0.469 e. The second-order valence-electron chi connectivity index (χ2n) is 4.06. The number of hydrogen-bond donors (Lipinski definition) is 2. The molecule has 0 unspecified atom stereocenters. The van der Waals surface area contributed by atoms with Crippen molar-refractivity contribution in [2.75, 3.05) is 25.6 Å². The van der Waals surface area contributed by atoms with E-state index in [0.29, 0.717) is 13.0 Å². The maximum Gasteiger partial charge on any atom is 0.323 e. The number of methoxy groups -OCH3 is 1. The Morgan fingerprint density at radius 2 is 2.06 bits per heavy atom. The Balaban J connectivity index is 2.14. The number of aromatic amines is 2. The fraction of sp³-hybridized carbons (Fsp3) is 0.333. The van der Waals surface area contributed by atoms with E-state index in [2.05, 4.69) is 14.7 Å². The van der Waals surface area contributed by atoms with Gasteiger partial charge in [0.15, 0.2) is 0 Å². The first kappa shape index (κ1) is 12.2. The molecule has 0 atom stereocenters. The van der Waals surface area contributed by atoms with E-state index in [1.54, 1.807) is 0 Å². The van der Waals surface area contributed by atoms with Gasteiger partial charge in [-0.25, -0.2) is 4.79 Å². The monoisotopic (exact) mass is 249 g/mol. The fourth-order valence-corrected chi connectivity index (χ4v) is 1.75. The molecule has 1 heterocycles. The van der Waals surface area contributed by atoms with Gasteiger partial charge in [0.25, 0.3) is 0 Å². The molecule has 2 N–H and O–H groups in total. The van der Waals surface area contributed by atoms with E-state index >= 15 is 0 Å². The van der Waals surface area contributed by atoms with Gasteiger partial charge < -0.3 is 19.6 Å². The molecule has 0 saturated carbocycles. The van der Waals surface area contributed by atoms with Crippen molar-refractivity contribution in [1.29, 1.82) is 0 Å². The first-order valence-electron chi connectivity index (χ1n) is 5.60. The fourth-order valence-electron chi connectivity index (χ4n) is 1.75. The Kier molecular flexibility index (Phi) is 3.36. The van der Waals surface area contributed by atoms with Gasteiger partial charge in [-0.3, -0.25) is 4.79 Å². The summed E-state index contributed by atoms with van der Waals surface area (Å²) in [5.74, 6) is -0.238. The molecule has 0 saturated heterocycles. The molecule has 0 amide bonds. The topological polar surface area (TPSA) is 78.2 Å². The van der Waals surface area contributed by atoms with Gasteiger partial charge in [-0.2, -0.15) is 0 Å². The molecule has 0 aliphatic carbocycles. The molecule has 18 heavy (non-hydrogen) atoms. The number of nitrogens with zero attached hydrogens (tertiary/aromatic N) is 1. The molecule has 0 aliphatic heterocycles. The van der Waals surface area contributed by atoms with Crippen LogP contribution < -0.4 is 10.6 Å². The van der Waals surface area contributed by atoms with Crippen LogP contribution in [-0.4, -0.2) is 36.6 Å². The molecule has 2 rings (SSSR count). The summed E-state index contributed by atoms with van der Waals surface area (Å²) in [4.78, 5) is 29.5. The average Bonchev–Trinajstić information content (AvgIpc) is 2.74. The van der Waals surface area contributed by atoms with E-state index in [9.17, 15) is 9.59 Å². The maximum atomic E-state index is 11.1. The predicted octanol–water partition coefficient (Wildman–Crippen LogP) is 0.855. The summed E-state index contributed by atoms with van der Waals surface area (Å²) in [6.45, 7) is 0.562. The van der Waals surface area contributed by atoms with Crippen LogP contribution >= 0.6 is 0 Å². The summed E-state index contributed by atoms with van der Waals surface area (Å²) in [5.41, 5.74) is 2.23. The van der Waals surface area contributed by atoms with Gasteiger partial charge in [0.2, 0.25) is 0 Å². The van der Waals surface area contributed by atoms with Crippen molar-refractivity contribution in [2.24, 2.45) is 0 Å². The molecule has 2 aromatic rings. The minimum atomic E-state index is -0.238. The van der Waals surface area contributed by atoms with Crippen LogP contribution in [0.2, 0.25) is 0 Å². The highest BCUT2D eigenvalue weighted by Gasteiger charge is 2.07. The van der Waals surface area contributed by atoms with Crippen LogP contribution in [0.15, 0.2) is 23.0 Å². The quantitative estimate of drug-likeness (QED) is 0.788. The first-order chi connectivity index (χ1) is 8.60. The number of aromatic nitrogens is 2. The summed E-state index contributed by atoms with van der Waals surface area (Å²) in [6.07, 6.45) is 0.328. The Morgan fingerprint density at radius 3 is 2.78 bits per heavy atom. The van der Waals surface area contributed by atoms with Gasteiger partial charge in [0, 0.05) is 19.3 Å². The maximum absolute atomic E-state index is 11.1. The van der Waals surface area contributed by atoms with E-state index < -0.39 is 0 Å². The lowest BCUT2D eigenvalue weighted by atomic mass is 10.2. The number of fused-ring (bicyclic) bond motifs is 1. The summed E-state index contributed by atoms with van der Waals surface area (Å²) < 4.78 is 4.59. The van der Waals surface area contributed by atoms with Crippen LogP contribution in [-0.2, 0) is 9.53 Å². The number of hydrogen-bond acceptors (Lipinski definition) is 4. The standard InChI is InChI=1S/C12H15N3O3/c1-15(6-5-11(16)18-2)8-3-4-9-10(7-8)14-12(17)13-9/h3-4,7H,5-6H2,1-2H3,(H2,13,14,17). The van der Waals surface area contributed by atoms with Crippen molar-refractivity contribution in [3.05, 3.63) is 28.7 Å². The van der Waals surface area contributed by atoms with Crippen molar-refractivity contribution in [3.63, 3.8) is 0 Å². The predicted molar refractivity (Wildman–Crippen MR) is 68.8 cm³/mol. The molecule has 0 aliphatic rings. The van der Waals surface area contributed by atoms with Gasteiger partial charge in [0.1, 0.15) is 0 Å². The molecule has 0 fully saturated rings. The number of imidazole rings is 1. The zero-order valence-corrected chi connectivity index (χ0v) is 10.3. The van der Waals surface area contributed by atoms with Crippen LogP contribution in [0.25, 0.3) is 11.0 Å². The van der Waals surface area contributed by atoms with Crippen molar-refractivity contribution < 1.29 is 9.53 Å². The van der Waals surface area contributed by atoms with E-state index in [-0.39, 0.29) is 11.7 Å². The Labute approximate surface area is 104 Å². The number of rotatable bonds is 4. The molecule has 6 nitrogen and oxygen atoms in total. The van der Waals surface area contributed by atoms with E-state index in [4.69, 9.17) is 0 Å². The lowest BCUT2D eigenvalue weighted by Gasteiger charge is -2.18. The molecule has 1 aromatic heterocycles. The van der Waals surface area contributed by atoms with Crippen LogP contribution in [0, 0.1) is 0 Å². The van der Waals surface area contributed by atoms with Gasteiger partial charge in [-0.05, 0) is 18.2 Å². The third kappa shape index (κ3) is 2.53. The number of carbonyl (C=O) groups excluding carboxylic acids is 1. The van der Waals surface area contributed by atoms with Crippen molar-refractivity contribution in [3.8, 4) is 0 Å². The lowest BCUT2D eigenvalue weighted by Crippen LogP contribution is -2.21. The van der Waals surface area contributed by atoms with E-state index in [1.807, 2.05) is 30.1 Å². The number of H-pyrrole nitrogens is 2. The first-order valence-corrected chi connectivity index (χ1v) is 5.60. The molecule has 96 valence electrons. The molecule has 6 heteroatoms. The van der Waals surface area contributed by atoms with Crippen LogP contribution in [0.5, 0.6) is 0 Å². The molecular formula is C12H15N3O3. The van der Waals surface area contributed by atoms with Crippen LogP contribution in [0.4, 0.5) is 5.69 Å². The smallest absolute Gasteiger partial charge is 0.323 e. The zero-order chi connectivity index (χ0) is 13.1. The molecule has 0 radical (unpaired) electrons. The molecule has 0 bridgehead atoms. The highest BCUT2D eigenvalue weighted by atomic mass is 16.5. The summed E-state index contributed by atoms with van der Waals surface area (Å²) in [6, 6.07) is 5.59. The summed E-state index contributed by atoms with van der Waals surface area (Å²) in [7, 11) is 3.26. The van der Waals surface area contributed by atoms with Crippen LogP contribution in [0.1, 0.15) is 6.42 Å². The third-order valence-electron chi connectivity index (χ3n) is 2.82. The van der Waals surface area contributed by atoms with Crippen molar-refractivity contribution in [2.45, 2.75) is 6.42 Å². The number of ether oxygens (including phenoxy) is 1. The molecule has 0 spiro atoms. The number of anilines is 1. The Morgan fingerprint density at radius 1 is 1.33 bits per heavy atom. The number of benzene rings is 1. The highest BCUT2D eigenvalue weighted by molar-refractivity contribution is 5.79. The highest BCUT2D eigenvalue weighted by Crippen LogP contribution is 2.17. The second kappa shape index (κ2) is 4.95. The van der Waals surface area contributed by atoms with Gasteiger partial charge in [-0.1, -0.05) is 0 Å². The molecule has 1 aromatic carbocycles. The zero-order valence-electron chi connectivity index (χ0n) is 10.3. The Hall–Kier alpha value is -2.24. The summed E-state index contributed by atoms with van der Waals surface area (Å²) in [5, 5.41) is 0.